The third-order valence-electron chi connectivity index (χ3n) is 6.38. The van der Waals surface area contributed by atoms with Crippen molar-refractivity contribution in [3.05, 3.63) is 9.77 Å². The van der Waals surface area contributed by atoms with Crippen LogP contribution < -0.4 is 10.1 Å². The quantitative estimate of drug-likeness (QED) is 0.237. The average molecular weight is 623 g/mol. The molecule has 1 amide bonds. The van der Waals surface area contributed by atoms with Gasteiger partial charge in [0.1, 0.15) is 12.3 Å². The number of nitrogens with one attached hydrogen (secondary N) is 1. The van der Waals surface area contributed by atoms with Crippen LogP contribution in [0, 0.1) is 3.57 Å². The van der Waals surface area contributed by atoms with Gasteiger partial charge in [-0.2, -0.15) is 9.97 Å². The first-order valence-electron chi connectivity index (χ1n) is 11.2. The zero-order valence-corrected chi connectivity index (χ0v) is 25.1. The second kappa shape index (κ2) is 11.0. The van der Waals surface area contributed by atoms with Crippen LogP contribution in [0.5, 0.6) is 5.88 Å². The van der Waals surface area contributed by atoms with Gasteiger partial charge in [0.05, 0.1) is 31.1 Å². The maximum absolute atomic E-state index is 11.6. The molecule has 3 atom stereocenters. The van der Waals surface area contributed by atoms with Crippen molar-refractivity contribution >= 4 is 65.6 Å². The number of hydrogen-bond donors (Lipinski definition) is 1. The fraction of sp³-hybridized carbons (Fsp3) is 0.682. The molecular weight excluding hydrogens is 587 g/mol. The zero-order chi connectivity index (χ0) is 25.3. The maximum Gasteiger partial charge on any atom is 0.234 e. The van der Waals surface area contributed by atoms with E-state index < -0.39 is 8.32 Å². The third-order valence-corrected chi connectivity index (χ3v) is 12.1. The van der Waals surface area contributed by atoms with Crippen molar-refractivity contribution < 1.29 is 23.4 Å². The Kier molecular flexibility index (Phi) is 8.94. The molecule has 1 fully saturated rings. The van der Waals surface area contributed by atoms with Gasteiger partial charge < -0.3 is 23.2 Å². The first kappa shape index (κ1) is 27.7. The summed E-state index contributed by atoms with van der Waals surface area (Å²) in [5, 5.41) is 3.55. The Morgan fingerprint density at radius 1 is 1.38 bits per heavy atom. The van der Waals surface area contributed by atoms with Crippen molar-refractivity contribution in [1.29, 1.82) is 0 Å². The molecule has 3 rings (SSSR count). The molecule has 0 radical (unpaired) electrons. The first-order chi connectivity index (χ1) is 15.9. The van der Waals surface area contributed by atoms with Crippen molar-refractivity contribution in [2.45, 2.75) is 70.7 Å². The van der Waals surface area contributed by atoms with Crippen LogP contribution in [0.25, 0.3) is 11.0 Å². The predicted molar refractivity (Wildman–Crippen MR) is 146 cm³/mol. The van der Waals surface area contributed by atoms with Crippen LogP contribution in [0.15, 0.2) is 6.20 Å². The Morgan fingerprint density at radius 3 is 2.68 bits per heavy atom. The van der Waals surface area contributed by atoms with E-state index in [0.29, 0.717) is 30.5 Å². The lowest BCUT2D eigenvalue weighted by molar-refractivity contribution is -0.114. The van der Waals surface area contributed by atoms with Crippen molar-refractivity contribution in [1.82, 2.24) is 14.5 Å². The third kappa shape index (κ3) is 6.06. The molecule has 1 N–H and O–H groups in total. The zero-order valence-electron chi connectivity index (χ0n) is 21.1. The van der Waals surface area contributed by atoms with Gasteiger partial charge in [0.25, 0.3) is 0 Å². The molecule has 2 aromatic rings. The van der Waals surface area contributed by atoms with Crippen LogP contribution >= 0.6 is 34.4 Å². The average Bonchev–Trinajstić information content (AvgIpc) is 3.29. The predicted octanol–water partition coefficient (Wildman–Crippen LogP) is 5.02. The van der Waals surface area contributed by atoms with Crippen molar-refractivity contribution in [3.63, 3.8) is 0 Å². The molecule has 1 aliphatic rings. The number of ether oxygens (including phenoxy) is 3. The molecule has 0 unspecified atom stereocenters. The summed E-state index contributed by atoms with van der Waals surface area (Å²) in [5.41, 5.74) is 0.639. The van der Waals surface area contributed by atoms with Crippen LogP contribution in [-0.4, -0.2) is 66.9 Å². The lowest BCUT2D eigenvalue weighted by Gasteiger charge is -2.37. The number of halogens is 1. The molecule has 0 spiro atoms. The number of thioether (sulfide) groups is 1. The number of anilines is 1. The largest absolute Gasteiger partial charge is 0.480 e. The molecule has 3 heterocycles. The van der Waals surface area contributed by atoms with Gasteiger partial charge in [-0.3, -0.25) is 10.1 Å². The molecule has 0 bridgehead atoms. The number of hydrogen-bond acceptors (Lipinski definition) is 8. The normalized spacial score (nSPS) is 21.3. The summed E-state index contributed by atoms with van der Waals surface area (Å²) in [6, 6.07) is 0. The number of aromatic nitrogens is 3. The van der Waals surface area contributed by atoms with E-state index in [-0.39, 0.29) is 35.3 Å². The minimum Gasteiger partial charge on any atom is -0.480 e. The molecule has 9 nitrogen and oxygen atoms in total. The second-order valence-corrected chi connectivity index (χ2v) is 16.7. The highest BCUT2D eigenvalue weighted by Crippen LogP contribution is 2.40. The number of methoxy groups -OCH3 is 1. The van der Waals surface area contributed by atoms with Crippen LogP contribution in [0.2, 0.25) is 18.1 Å². The highest BCUT2D eigenvalue weighted by molar-refractivity contribution is 14.1. The van der Waals surface area contributed by atoms with Gasteiger partial charge in [0.2, 0.25) is 17.7 Å². The Morgan fingerprint density at radius 2 is 2.09 bits per heavy atom. The van der Waals surface area contributed by atoms with Crippen LogP contribution in [0.4, 0.5) is 5.95 Å². The number of fused-ring (bicyclic) bond motifs is 1. The topological polar surface area (TPSA) is 96.7 Å². The van der Waals surface area contributed by atoms with Crippen LogP contribution in [0.1, 0.15) is 40.3 Å². The summed E-state index contributed by atoms with van der Waals surface area (Å²) in [7, 11) is -0.381. The minimum atomic E-state index is -1.94. The molecule has 12 heteroatoms. The van der Waals surface area contributed by atoms with E-state index in [4.69, 9.17) is 18.6 Å². The van der Waals surface area contributed by atoms with Crippen molar-refractivity contribution in [3.8, 4) is 5.88 Å². The molecule has 0 aromatic carbocycles. The molecular formula is C22H35IN4O5SSi. The number of carbonyl (C=O) groups is 1. The number of amides is 1. The van der Waals surface area contributed by atoms with Crippen LogP contribution in [0.3, 0.4) is 0 Å². The summed E-state index contributed by atoms with van der Waals surface area (Å²) < 4.78 is 27.6. The standard InChI is InChI=1S/C22H35IN4O5SSi/c1-13(28)24-21-25-19-18(20(26-21)29-5)14(23)10-27(19)17-9-15(30-12-33-6)16(32-17)11-31-34(7,8)22(2,3)4/h10,15-17H,9,11-12H2,1-8H3,(H,24,25,26,28)/t15-,16-,17-/m0/s1. The fourth-order valence-corrected chi connectivity index (χ4v) is 5.61. The highest BCUT2D eigenvalue weighted by Gasteiger charge is 2.42. The second-order valence-electron chi connectivity index (χ2n) is 9.87. The Bertz CT molecular complexity index is 1030. The monoisotopic (exact) mass is 622 g/mol. The molecule has 1 aliphatic heterocycles. The van der Waals surface area contributed by atoms with Gasteiger partial charge in [-0.1, -0.05) is 20.8 Å². The van der Waals surface area contributed by atoms with E-state index in [1.165, 1.54) is 6.92 Å². The van der Waals surface area contributed by atoms with Gasteiger partial charge in [-0.05, 0) is 47.0 Å². The highest BCUT2D eigenvalue weighted by atomic mass is 127. The molecule has 190 valence electrons. The van der Waals surface area contributed by atoms with E-state index in [0.717, 1.165) is 8.96 Å². The molecule has 1 saturated heterocycles. The van der Waals surface area contributed by atoms with E-state index in [9.17, 15) is 4.79 Å². The van der Waals surface area contributed by atoms with E-state index in [1.54, 1.807) is 18.9 Å². The molecule has 2 aromatic heterocycles. The Balaban J connectivity index is 1.92. The van der Waals surface area contributed by atoms with Crippen LogP contribution in [-0.2, 0) is 18.7 Å². The van der Waals surface area contributed by atoms with E-state index >= 15 is 0 Å². The lowest BCUT2D eigenvalue weighted by Crippen LogP contribution is -2.44. The van der Waals surface area contributed by atoms with Gasteiger partial charge in [-0.15, -0.1) is 11.8 Å². The number of rotatable bonds is 9. The smallest absolute Gasteiger partial charge is 0.234 e. The number of carbonyl (C=O) groups excluding carboxylic acids is 1. The minimum absolute atomic E-state index is 0.101. The van der Waals surface area contributed by atoms with Gasteiger partial charge in [0.15, 0.2) is 14.0 Å². The summed E-state index contributed by atoms with van der Waals surface area (Å²) in [6.45, 7) is 13.1. The molecule has 0 aliphatic carbocycles. The molecule has 34 heavy (non-hydrogen) atoms. The van der Waals surface area contributed by atoms with Gasteiger partial charge in [-0.25, -0.2) is 0 Å². The Labute approximate surface area is 220 Å². The summed E-state index contributed by atoms with van der Waals surface area (Å²) in [4.78, 5) is 20.6. The SMILES string of the molecule is COc1nc(NC(C)=O)nc2c1c(I)cn2[C@@H]1C[C@H](OCSC)[C@H](CO[Si](C)(C)C(C)(C)C)O1. The number of nitrogens with zero attached hydrogens (tertiary/aromatic N) is 3. The maximum atomic E-state index is 11.6. The van der Waals surface area contributed by atoms with Crippen molar-refractivity contribution in [2.24, 2.45) is 0 Å². The van der Waals surface area contributed by atoms with Gasteiger partial charge in [0, 0.05) is 23.1 Å². The lowest BCUT2D eigenvalue weighted by atomic mass is 10.2. The van der Waals surface area contributed by atoms with E-state index in [1.807, 2.05) is 17.0 Å². The fourth-order valence-electron chi connectivity index (χ4n) is 3.51. The van der Waals surface area contributed by atoms with E-state index in [2.05, 4.69) is 71.7 Å². The molecule has 0 saturated carbocycles. The van der Waals surface area contributed by atoms with Crippen molar-refractivity contribution in [2.75, 3.05) is 31.2 Å². The summed E-state index contributed by atoms with van der Waals surface area (Å²) in [5.74, 6) is 0.936. The summed E-state index contributed by atoms with van der Waals surface area (Å²) in [6.07, 6.45) is 4.07. The van der Waals surface area contributed by atoms with Gasteiger partial charge >= 0.3 is 0 Å². The summed E-state index contributed by atoms with van der Waals surface area (Å²) >= 11 is 3.88. The Hall–Kier alpha value is -0.933. The first-order valence-corrected chi connectivity index (χ1v) is 16.6.